The number of hydrogen-bond acceptors (Lipinski definition) is 7. The Bertz CT molecular complexity index is 1610. The number of aryl methyl sites for hydroxylation is 1. The molecule has 4 aromatic rings. The molecule has 0 radical (unpaired) electrons. The van der Waals surface area contributed by atoms with Crippen molar-refractivity contribution in [1.82, 2.24) is 9.97 Å². The van der Waals surface area contributed by atoms with Gasteiger partial charge in [0.05, 0.1) is 43.5 Å². The third-order valence-corrected chi connectivity index (χ3v) is 6.67. The molecule has 1 unspecified atom stereocenters. The smallest absolute Gasteiger partial charge is 0.302 e. The lowest BCUT2D eigenvalue weighted by atomic mass is 9.94. The Morgan fingerprint density at radius 2 is 1.79 bits per heavy atom. The summed E-state index contributed by atoms with van der Waals surface area (Å²) in [5.74, 6) is 0.109. The fourth-order valence-electron chi connectivity index (χ4n) is 4.72. The predicted octanol–water partition coefficient (Wildman–Crippen LogP) is 5.30. The number of aromatic nitrogens is 2. The van der Waals surface area contributed by atoms with Gasteiger partial charge >= 0.3 is 5.91 Å². The zero-order valence-electron chi connectivity index (χ0n) is 22.1. The second kappa shape index (κ2) is 10.5. The number of fused-ring (bicyclic) bond motifs is 1. The van der Waals surface area contributed by atoms with Crippen LogP contribution in [0.2, 0.25) is 0 Å². The van der Waals surface area contributed by atoms with E-state index in [0.717, 1.165) is 12.0 Å². The maximum absolute atomic E-state index is 13.5. The third kappa shape index (κ3) is 4.67. The van der Waals surface area contributed by atoms with E-state index in [2.05, 4.69) is 9.97 Å². The van der Waals surface area contributed by atoms with Gasteiger partial charge in [-0.05, 0) is 66.9 Å². The number of H-pyrrole nitrogens is 1. The largest absolute Gasteiger partial charge is 0.507 e. The number of ether oxygens (including phenoxy) is 3. The van der Waals surface area contributed by atoms with Gasteiger partial charge in [0.1, 0.15) is 23.0 Å². The Balaban J connectivity index is 1.68. The second-order valence-corrected chi connectivity index (χ2v) is 9.22. The van der Waals surface area contributed by atoms with E-state index in [0.29, 0.717) is 46.0 Å². The SMILES string of the molecule is CCCOc1ccc(/C(O)=C2\C(=O)C(=O)N(c3nc4ccc(OC)cc4[nH]3)C2c2cccc(OC)c2)cc1C. The van der Waals surface area contributed by atoms with E-state index in [1.807, 2.05) is 13.8 Å². The number of aromatic amines is 1. The van der Waals surface area contributed by atoms with Crippen molar-refractivity contribution >= 4 is 34.4 Å². The Labute approximate surface area is 225 Å². The number of aliphatic hydroxyl groups excluding tert-OH is 1. The molecule has 9 nitrogen and oxygen atoms in total. The number of benzene rings is 3. The minimum Gasteiger partial charge on any atom is -0.507 e. The number of rotatable bonds is 8. The van der Waals surface area contributed by atoms with Crippen LogP contribution in [0.3, 0.4) is 0 Å². The highest BCUT2D eigenvalue weighted by atomic mass is 16.5. The van der Waals surface area contributed by atoms with Crippen molar-refractivity contribution in [3.05, 3.63) is 82.9 Å². The van der Waals surface area contributed by atoms with E-state index in [1.54, 1.807) is 67.8 Å². The summed E-state index contributed by atoms with van der Waals surface area (Å²) in [4.78, 5) is 36.0. The van der Waals surface area contributed by atoms with E-state index >= 15 is 0 Å². The first-order valence-corrected chi connectivity index (χ1v) is 12.6. The van der Waals surface area contributed by atoms with Crippen LogP contribution in [0.25, 0.3) is 16.8 Å². The molecule has 0 spiro atoms. The van der Waals surface area contributed by atoms with Crippen LogP contribution in [0.5, 0.6) is 17.2 Å². The highest BCUT2D eigenvalue weighted by Gasteiger charge is 2.48. The van der Waals surface area contributed by atoms with Crippen molar-refractivity contribution in [2.45, 2.75) is 26.3 Å². The Kier molecular flexibility index (Phi) is 6.98. The number of carbonyl (C=O) groups excluding carboxylic acids is 2. The first-order chi connectivity index (χ1) is 18.9. The minimum absolute atomic E-state index is 0.0482. The topological polar surface area (TPSA) is 114 Å². The number of hydrogen-bond donors (Lipinski definition) is 2. The summed E-state index contributed by atoms with van der Waals surface area (Å²) in [7, 11) is 3.09. The van der Waals surface area contributed by atoms with Crippen LogP contribution in [-0.4, -0.2) is 47.6 Å². The van der Waals surface area contributed by atoms with Crippen molar-refractivity contribution in [3.63, 3.8) is 0 Å². The quantitative estimate of drug-likeness (QED) is 0.181. The lowest BCUT2D eigenvalue weighted by molar-refractivity contribution is -0.132. The van der Waals surface area contributed by atoms with Crippen LogP contribution < -0.4 is 19.1 Å². The molecule has 0 bridgehead atoms. The molecule has 1 aromatic heterocycles. The van der Waals surface area contributed by atoms with E-state index in [9.17, 15) is 14.7 Å². The average molecular weight is 528 g/mol. The van der Waals surface area contributed by atoms with Crippen molar-refractivity contribution in [2.75, 3.05) is 25.7 Å². The first kappa shape index (κ1) is 25.8. The summed E-state index contributed by atoms with van der Waals surface area (Å²) in [6, 6.07) is 16.5. The molecular formula is C30H29N3O6. The third-order valence-electron chi connectivity index (χ3n) is 6.67. The van der Waals surface area contributed by atoms with E-state index in [-0.39, 0.29) is 17.3 Å². The van der Waals surface area contributed by atoms with Gasteiger partial charge in [-0.2, -0.15) is 0 Å². The summed E-state index contributed by atoms with van der Waals surface area (Å²) < 4.78 is 16.5. The average Bonchev–Trinajstić information content (AvgIpc) is 3.49. The Hall–Kier alpha value is -4.79. The molecule has 39 heavy (non-hydrogen) atoms. The van der Waals surface area contributed by atoms with Crippen molar-refractivity contribution < 1.29 is 28.9 Å². The summed E-state index contributed by atoms with van der Waals surface area (Å²) in [6.45, 7) is 4.45. The van der Waals surface area contributed by atoms with E-state index in [1.165, 1.54) is 12.0 Å². The molecule has 1 aliphatic heterocycles. The lowest BCUT2D eigenvalue weighted by Crippen LogP contribution is -2.30. The molecule has 0 aliphatic carbocycles. The van der Waals surface area contributed by atoms with Crippen LogP contribution in [0.1, 0.15) is 36.1 Å². The van der Waals surface area contributed by atoms with Crippen LogP contribution in [0, 0.1) is 6.92 Å². The monoisotopic (exact) mass is 527 g/mol. The van der Waals surface area contributed by atoms with E-state index < -0.39 is 17.7 Å². The summed E-state index contributed by atoms with van der Waals surface area (Å²) >= 11 is 0. The Morgan fingerprint density at radius 3 is 2.51 bits per heavy atom. The maximum atomic E-state index is 13.5. The van der Waals surface area contributed by atoms with E-state index in [4.69, 9.17) is 14.2 Å². The number of nitrogens with zero attached hydrogens (tertiary/aromatic N) is 2. The molecular weight excluding hydrogens is 498 g/mol. The molecule has 1 amide bonds. The number of anilines is 1. The number of imidazole rings is 1. The summed E-state index contributed by atoms with van der Waals surface area (Å²) in [6.07, 6.45) is 0.861. The fraction of sp³-hybridized carbons (Fsp3) is 0.233. The van der Waals surface area contributed by atoms with Crippen molar-refractivity contribution in [3.8, 4) is 17.2 Å². The second-order valence-electron chi connectivity index (χ2n) is 9.22. The number of aliphatic hydroxyl groups is 1. The minimum atomic E-state index is -0.959. The van der Waals surface area contributed by atoms with Crippen LogP contribution in [0.4, 0.5) is 5.95 Å². The summed E-state index contributed by atoms with van der Waals surface area (Å²) in [5.41, 5.74) is 2.95. The van der Waals surface area contributed by atoms with Crippen LogP contribution in [0.15, 0.2) is 66.2 Å². The van der Waals surface area contributed by atoms with Gasteiger partial charge in [-0.3, -0.25) is 14.5 Å². The molecule has 1 atom stereocenters. The predicted molar refractivity (Wildman–Crippen MR) is 147 cm³/mol. The van der Waals surface area contributed by atoms with Gasteiger partial charge in [-0.25, -0.2) is 4.98 Å². The Morgan fingerprint density at radius 1 is 1.03 bits per heavy atom. The fourth-order valence-corrected chi connectivity index (χ4v) is 4.72. The molecule has 1 fully saturated rings. The van der Waals surface area contributed by atoms with Gasteiger partial charge in [0, 0.05) is 11.6 Å². The van der Waals surface area contributed by atoms with Gasteiger partial charge in [0.2, 0.25) is 5.95 Å². The first-order valence-electron chi connectivity index (χ1n) is 12.6. The summed E-state index contributed by atoms with van der Waals surface area (Å²) in [5, 5.41) is 11.5. The number of Topliss-reactive ketones (excluding diaryl/α,β-unsaturated/α-hetero) is 1. The molecule has 3 aromatic carbocycles. The van der Waals surface area contributed by atoms with Gasteiger partial charge in [-0.1, -0.05) is 19.1 Å². The molecule has 200 valence electrons. The molecule has 5 rings (SSSR count). The number of methoxy groups -OCH3 is 2. The lowest BCUT2D eigenvalue weighted by Gasteiger charge is -2.23. The number of carbonyl (C=O) groups is 2. The zero-order valence-corrected chi connectivity index (χ0v) is 22.1. The number of ketones is 1. The maximum Gasteiger partial charge on any atom is 0.302 e. The molecule has 9 heteroatoms. The van der Waals surface area contributed by atoms with Gasteiger partial charge in [0.15, 0.2) is 0 Å². The molecule has 2 N–H and O–H groups in total. The van der Waals surface area contributed by atoms with Crippen molar-refractivity contribution in [2.24, 2.45) is 0 Å². The highest BCUT2D eigenvalue weighted by molar-refractivity contribution is 6.51. The molecule has 2 heterocycles. The van der Waals surface area contributed by atoms with Gasteiger partial charge < -0.3 is 24.3 Å². The zero-order chi connectivity index (χ0) is 27.7. The van der Waals surface area contributed by atoms with Gasteiger partial charge in [0.25, 0.3) is 5.78 Å². The van der Waals surface area contributed by atoms with Gasteiger partial charge in [-0.15, -0.1) is 0 Å². The standard InChI is InChI=1S/C30H29N3O6/c1-5-13-39-24-12-9-19(14-17(24)2)27(34)25-26(18-7-6-8-20(15-18)37-3)33(29(36)28(25)35)30-31-22-11-10-21(38-4)16-23(22)32-30/h6-12,14-16,26,34H,5,13H2,1-4H3,(H,31,32)/b27-25+. The highest BCUT2D eigenvalue weighted by Crippen LogP contribution is 2.43. The molecule has 1 saturated heterocycles. The molecule has 0 saturated carbocycles. The number of amides is 1. The molecule has 1 aliphatic rings. The normalized spacial score (nSPS) is 16.6. The number of nitrogens with one attached hydrogen (secondary N) is 1. The van der Waals surface area contributed by atoms with Crippen LogP contribution >= 0.6 is 0 Å². The van der Waals surface area contributed by atoms with Crippen LogP contribution in [-0.2, 0) is 9.59 Å². The van der Waals surface area contributed by atoms with Crippen molar-refractivity contribution in [1.29, 1.82) is 0 Å².